The molecule has 1 N–H and O–H groups in total. The molecule has 0 bridgehead atoms. The van der Waals surface area contributed by atoms with E-state index >= 15 is 0 Å². The van der Waals surface area contributed by atoms with E-state index in [0.717, 1.165) is 16.5 Å². The molecule has 0 aliphatic carbocycles. The molecule has 2 heterocycles. The topological polar surface area (TPSA) is 63.5 Å². The van der Waals surface area contributed by atoms with E-state index in [2.05, 4.69) is 10.3 Å². The second kappa shape index (κ2) is 6.80. The van der Waals surface area contributed by atoms with Crippen LogP contribution in [-0.4, -0.2) is 33.8 Å². The summed E-state index contributed by atoms with van der Waals surface area (Å²) in [5.74, 6) is 0.614. The molecule has 5 nitrogen and oxygen atoms in total. The van der Waals surface area contributed by atoms with Gasteiger partial charge in [0.1, 0.15) is 0 Å². The maximum absolute atomic E-state index is 13.0. The molecule has 0 fully saturated rings. The Morgan fingerprint density at radius 3 is 2.69 bits per heavy atom. The highest BCUT2D eigenvalue weighted by Crippen LogP contribution is 2.20. The van der Waals surface area contributed by atoms with Crippen molar-refractivity contribution in [1.82, 2.24) is 14.7 Å². The average molecular weight is 363 g/mol. The zero-order chi connectivity index (χ0) is 18.1. The van der Waals surface area contributed by atoms with Crippen LogP contribution < -0.4 is 10.9 Å². The van der Waals surface area contributed by atoms with Gasteiger partial charge in [0.05, 0.1) is 16.5 Å². The van der Waals surface area contributed by atoms with Gasteiger partial charge in [-0.15, -0.1) is 0 Å². The van der Waals surface area contributed by atoms with Crippen molar-refractivity contribution in [3.8, 4) is 0 Å². The standard InChI is InChI=1S/C20H17N3O2S/c1-26-10-8-21-19(24)15-7-4-9-23-18(15)22-17-12-14-6-3-2-5-13(14)11-16(17)20(23)25/h2-7,9,11-12H,8,10H2,1H3,(H,21,24). The van der Waals surface area contributed by atoms with Crippen LogP contribution in [0.15, 0.2) is 59.5 Å². The van der Waals surface area contributed by atoms with Gasteiger partial charge in [-0.2, -0.15) is 11.8 Å². The van der Waals surface area contributed by atoms with Crippen LogP contribution in [0.25, 0.3) is 27.3 Å². The van der Waals surface area contributed by atoms with Crippen molar-refractivity contribution in [3.63, 3.8) is 0 Å². The number of carbonyl (C=O) groups is 1. The van der Waals surface area contributed by atoms with E-state index < -0.39 is 0 Å². The van der Waals surface area contributed by atoms with Crippen molar-refractivity contribution >= 4 is 45.0 Å². The predicted octanol–water partition coefficient (Wildman–Crippen LogP) is 3.09. The number of carbonyl (C=O) groups excluding carboxylic acids is 1. The van der Waals surface area contributed by atoms with Crippen LogP contribution in [0.3, 0.4) is 0 Å². The monoisotopic (exact) mass is 363 g/mol. The number of nitrogens with zero attached hydrogens (tertiary/aromatic N) is 2. The van der Waals surface area contributed by atoms with E-state index in [1.54, 1.807) is 30.1 Å². The molecule has 0 atom stereocenters. The number of hydrogen-bond donors (Lipinski definition) is 1. The smallest absolute Gasteiger partial charge is 0.265 e. The van der Waals surface area contributed by atoms with Crippen molar-refractivity contribution in [2.24, 2.45) is 0 Å². The number of pyridine rings is 1. The lowest BCUT2D eigenvalue weighted by Crippen LogP contribution is -2.27. The van der Waals surface area contributed by atoms with Crippen molar-refractivity contribution in [2.45, 2.75) is 0 Å². The van der Waals surface area contributed by atoms with Crippen LogP contribution in [0.4, 0.5) is 0 Å². The summed E-state index contributed by atoms with van der Waals surface area (Å²) in [4.78, 5) is 30.1. The quantitative estimate of drug-likeness (QED) is 0.447. The number of aromatic nitrogens is 2. The Balaban J connectivity index is 1.94. The second-order valence-electron chi connectivity index (χ2n) is 6.00. The number of amides is 1. The third-order valence-corrected chi connectivity index (χ3v) is 4.96. The van der Waals surface area contributed by atoms with Crippen molar-refractivity contribution in [2.75, 3.05) is 18.6 Å². The molecule has 0 spiro atoms. The minimum Gasteiger partial charge on any atom is -0.351 e. The summed E-state index contributed by atoms with van der Waals surface area (Å²) in [5.41, 5.74) is 1.20. The van der Waals surface area contributed by atoms with Crippen molar-refractivity contribution in [1.29, 1.82) is 0 Å². The van der Waals surface area contributed by atoms with Gasteiger partial charge < -0.3 is 5.32 Å². The normalized spacial score (nSPS) is 11.3. The first kappa shape index (κ1) is 16.6. The highest BCUT2D eigenvalue weighted by molar-refractivity contribution is 7.98. The van der Waals surface area contributed by atoms with Gasteiger partial charge in [0, 0.05) is 18.5 Å². The van der Waals surface area contributed by atoms with Gasteiger partial charge in [0.2, 0.25) is 0 Å². The Labute approximate surface area is 154 Å². The van der Waals surface area contributed by atoms with E-state index in [1.807, 2.05) is 42.7 Å². The molecule has 0 unspecified atom stereocenters. The highest BCUT2D eigenvalue weighted by atomic mass is 32.2. The fourth-order valence-electron chi connectivity index (χ4n) is 3.05. The summed E-state index contributed by atoms with van der Waals surface area (Å²) in [6.45, 7) is 0.573. The van der Waals surface area contributed by atoms with E-state index in [-0.39, 0.29) is 11.5 Å². The molecular weight excluding hydrogens is 346 g/mol. The number of fused-ring (bicyclic) bond motifs is 3. The molecule has 2 aromatic heterocycles. The van der Waals surface area contributed by atoms with Gasteiger partial charge in [-0.1, -0.05) is 24.3 Å². The van der Waals surface area contributed by atoms with Crippen LogP contribution in [0, 0.1) is 0 Å². The molecule has 1 amide bonds. The lowest BCUT2D eigenvalue weighted by Gasteiger charge is -2.09. The number of benzene rings is 2. The van der Waals surface area contributed by atoms with Gasteiger partial charge in [-0.3, -0.25) is 14.0 Å². The minimum absolute atomic E-state index is 0.172. The molecule has 0 aliphatic rings. The average Bonchev–Trinajstić information content (AvgIpc) is 2.67. The summed E-state index contributed by atoms with van der Waals surface area (Å²) < 4.78 is 1.45. The maximum Gasteiger partial charge on any atom is 0.265 e. The summed E-state index contributed by atoms with van der Waals surface area (Å²) in [5, 5.41) is 5.42. The molecular formula is C20H17N3O2S. The van der Waals surface area contributed by atoms with Crippen LogP contribution in [0.1, 0.15) is 10.4 Å². The Kier molecular flexibility index (Phi) is 4.34. The highest BCUT2D eigenvalue weighted by Gasteiger charge is 2.14. The molecule has 130 valence electrons. The Bertz CT molecular complexity index is 1200. The van der Waals surface area contributed by atoms with Gasteiger partial charge in [-0.25, -0.2) is 4.98 Å². The summed E-state index contributed by atoms with van der Waals surface area (Å²) >= 11 is 1.66. The number of hydrogen-bond acceptors (Lipinski definition) is 4. The second-order valence-corrected chi connectivity index (χ2v) is 6.98. The molecule has 0 aliphatic heterocycles. The molecule has 0 saturated carbocycles. The minimum atomic E-state index is -0.218. The van der Waals surface area contributed by atoms with E-state index in [4.69, 9.17) is 0 Å². The zero-order valence-electron chi connectivity index (χ0n) is 14.2. The number of rotatable bonds is 4. The summed E-state index contributed by atoms with van der Waals surface area (Å²) in [6, 6.07) is 15.0. The van der Waals surface area contributed by atoms with Crippen molar-refractivity contribution in [3.05, 3.63) is 70.6 Å². The molecule has 4 rings (SSSR count). The van der Waals surface area contributed by atoms with Crippen LogP contribution >= 0.6 is 11.8 Å². The van der Waals surface area contributed by atoms with Crippen molar-refractivity contribution < 1.29 is 4.79 Å². The van der Waals surface area contributed by atoms with E-state index in [0.29, 0.717) is 28.7 Å². The molecule has 26 heavy (non-hydrogen) atoms. The molecule has 2 aromatic carbocycles. The van der Waals surface area contributed by atoms with Crippen LogP contribution in [0.5, 0.6) is 0 Å². The van der Waals surface area contributed by atoms with Gasteiger partial charge in [-0.05, 0) is 41.3 Å². The first-order valence-corrected chi connectivity index (χ1v) is 9.69. The third-order valence-electron chi connectivity index (χ3n) is 4.34. The van der Waals surface area contributed by atoms with Gasteiger partial charge in [0.15, 0.2) is 5.65 Å². The molecule has 0 radical (unpaired) electrons. The third kappa shape index (κ3) is 2.82. The molecule has 0 saturated heterocycles. The lowest BCUT2D eigenvalue weighted by atomic mass is 10.1. The lowest BCUT2D eigenvalue weighted by molar-refractivity contribution is 0.0957. The fraction of sp³-hybridized carbons (Fsp3) is 0.150. The first-order chi connectivity index (χ1) is 12.7. The summed E-state index contributed by atoms with van der Waals surface area (Å²) in [6.07, 6.45) is 3.64. The first-order valence-electron chi connectivity index (χ1n) is 8.30. The Morgan fingerprint density at radius 2 is 1.92 bits per heavy atom. The zero-order valence-corrected chi connectivity index (χ0v) is 15.0. The molecule has 6 heteroatoms. The largest absolute Gasteiger partial charge is 0.351 e. The summed E-state index contributed by atoms with van der Waals surface area (Å²) in [7, 11) is 0. The van der Waals surface area contributed by atoms with E-state index in [1.165, 1.54) is 4.40 Å². The molecule has 4 aromatic rings. The van der Waals surface area contributed by atoms with Crippen LogP contribution in [-0.2, 0) is 0 Å². The van der Waals surface area contributed by atoms with Gasteiger partial charge >= 0.3 is 0 Å². The predicted molar refractivity (Wildman–Crippen MR) is 107 cm³/mol. The fourth-order valence-corrected chi connectivity index (χ4v) is 3.36. The van der Waals surface area contributed by atoms with Gasteiger partial charge in [0.25, 0.3) is 11.5 Å². The number of nitrogens with one attached hydrogen (secondary N) is 1. The maximum atomic E-state index is 13.0. The SMILES string of the molecule is CSCCNC(=O)c1cccn2c(=O)c3cc4ccccc4cc3nc12. The Hall–Kier alpha value is -2.86. The Morgan fingerprint density at radius 1 is 1.15 bits per heavy atom. The number of thioether (sulfide) groups is 1. The van der Waals surface area contributed by atoms with Crippen LogP contribution in [0.2, 0.25) is 0 Å². The van der Waals surface area contributed by atoms with E-state index in [9.17, 15) is 9.59 Å².